The molecule has 4 heterocycles. The van der Waals surface area contributed by atoms with E-state index in [1.165, 1.54) is 53.3 Å². The molecule has 298 valence electrons. The van der Waals surface area contributed by atoms with Crippen LogP contribution in [0.2, 0.25) is 0 Å². The van der Waals surface area contributed by atoms with Crippen LogP contribution in [-0.4, -0.2) is 18.7 Å². The maximum atomic E-state index is 8.32. The van der Waals surface area contributed by atoms with E-state index < -0.39 is 12.4 Å². The van der Waals surface area contributed by atoms with E-state index in [1.54, 1.807) is 0 Å². The van der Waals surface area contributed by atoms with Crippen LogP contribution in [0.1, 0.15) is 52.7 Å². The molecule has 0 amide bonds. The summed E-state index contributed by atoms with van der Waals surface area (Å²) in [6.07, 6.45) is 1.93. The Morgan fingerprint density at radius 3 is 2.05 bits per heavy atom. The third-order valence-corrected chi connectivity index (χ3v) is 14.7. The van der Waals surface area contributed by atoms with Gasteiger partial charge in [0.05, 0.1) is 5.41 Å². The van der Waals surface area contributed by atoms with Crippen LogP contribution in [0.3, 0.4) is 0 Å². The van der Waals surface area contributed by atoms with Gasteiger partial charge in [0.15, 0.2) is 0 Å². The quantitative estimate of drug-likeness (QED) is 0.176. The molecular formula is C54H40N4OPtS. The molecule has 0 saturated carbocycles. The molecule has 10 aromatic rings. The van der Waals surface area contributed by atoms with Crippen molar-refractivity contribution in [2.45, 2.75) is 41.4 Å². The monoisotopic (exact) mass is 990 g/mol. The number of hydrogen-bond donors (Lipinski definition) is 0. The predicted octanol–water partition coefficient (Wildman–Crippen LogP) is 13.5. The minimum atomic E-state index is -2.35. The number of fused-ring (bicyclic) bond motifs is 13. The molecule has 1 spiro atoms. The van der Waals surface area contributed by atoms with Crippen molar-refractivity contribution in [2.75, 3.05) is 0 Å². The summed E-state index contributed by atoms with van der Waals surface area (Å²) in [6, 6.07) is 57.8. The fourth-order valence-corrected chi connectivity index (χ4v) is 11.9. The number of nitrogens with zero attached hydrogens (tertiary/aromatic N) is 4. The molecule has 0 fully saturated rings. The molecule has 3 aromatic heterocycles. The van der Waals surface area contributed by atoms with Gasteiger partial charge in [0.2, 0.25) is 0 Å². The maximum absolute atomic E-state index is 8.32. The van der Waals surface area contributed by atoms with E-state index in [1.807, 2.05) is 77.1 Å². The van der Waals surface area contributed by atoms with Gasteiger partial charge in [-0.3, -0.25) is 0 Å². The van der Waals surface area contributed by atoms with Crippen molar-refractivity contribution in [1.82, 2.24) is 18.7 Å². The van der Waals surface area contributed by atoms with Crippen LogP contribution in [0.5, 0.6) is 11.5 Å². The molecule has 0 N–H and O–H groups in total. The molecule has 0 bridgehead atoms. The Bertz CT molecular complexity index is 3610. The van der Waals surface area contributed by atoms with Gasteiger partial charge >= 0.3 is 198 Å². The standard InChI is InChI=1S/C54H40N4OS.Pt/c1-53(2,3)34-26-27-55-52(28-34)58-48-30-37(59-36-15-13-14-35(29-36)57-33-56(4)46-20-9-10-21-47(46)57)24-25-39(48)41-31-40-38-16-5-6-17-42(38)54(45(40)32-49(41)58)43-18-7-11-22-50(43)60-51-23-12-8-19-44(51)54;/h5-32H,1-4H3;/i4D3;. The molecule has 2 aliphatic rings. The van der Waals surface area contributed by atoms with Crippen molar-refractivity contribution in [2.24, 2.45) is 6.98 Å². The van der Waals surface area contributed by atoms with E-state index in [4.69, 9.17) is 13.8 Å². The Balaban J connectivity index is 1.08. The number of imidazole rings is 1. The van der Waals surface area contributed by atoms with Crippen LogP contribution in [0.4, 0.5) is 0 Å². The molecule has 0 unspecified atom stereocenters. The Kier molecular flexibility index (Phi) is 7.36. The van der Waals surface area contributed by atoms with Crippen molar-refractivity contribution >= 4 is 44.6 Å². The fourth-order valence-electron chi connectivity index (χ4n) is 9.84. The molecule has 1 aliphatic heterocycles. The van der Waals surface area contributed by atoms with E-state index in [9.17, 15) is 0 Å². The summed E-state index contributed by atoms with van der Waals surface area (Å²) in [6.45, 7) is 4.37. The van der Waals surface area contributed by atoms with Crippen LogP contribution in [-0.2, 0) is 37.2 Å². The van der Waals surface area contributed by atoms with Crippen molar-refractivity contribution < 1.29 is 28.2 Å². The SMILES string of the molecule is [2H]C([2H])([2H])n1[c](=[Pt])n(-c2cccc(Oc3ccc4c5cc6c(cc5n(-c5cc(C(C)(C)C)ccn5)c4c3)C3(c4ccccc4Sc4ccccc43)c3ccccc3-6)c2)c2ccccc21. The Labute approximate surface area is 373 Å². The molecule has 12 rings (SSSR count). The van der Waals surface area contributed by atoms with Gasteiger partial charge in [0.1, 0.15) is 0 Å². The van der Waals surface area contributed by atoms with Gasteiger partial charge in [0.25, 0.3) is 0 Å². The van der Waals surface area contributed by atoms with Crippen LogP contribution in [0, 0.1) is 3.80 Å². The number of pyridine rings is 1. The van der Waals surface area contributed by atoms with Crippen molar-refractivity contribution in [3.63, 3.8) is 0 Å². The average molecular weight is 991 g/mol. The number of benzene rings is 7. The molecule has 0 atom stereocenters. The zero-order valence-corrected chi connectivity index (χ0v) is 36.7. The summed E-state index contributed by atoms with van der Waals surface area (Å²) in [5.41, 5.74) is 12.5. The van der Waals surface area contributed by atoms with Crippen molar-refractivity contribution in [3.8, 4) is 34.1 Å². The fraction of sp³-hybridized carbons (Fsp3) is 0.111. The molecule has 0 radical (unpaired) electrons. The first-order valence-corrected chi connectivity index (χ1v) is 22.4. The first-order valence-electron chi connectivity index (χ1n) is 21.9. The summed E-state index contributed by atoms with van der Waals surface area (Å²) in [4.78, 5) is 7.63. The number of aryl methyl sites for hydroxylation is 1. The van der Waals surface area contributed by atoms with Gasteiger partial charge in [0, 0.05) is 16.0 Å². The number of rotatable bonds is 4. The predicted molar refractivity (Wildman–Crippen MR) is 244 cm³/mol. The van der Waals surface area contributed by atoms with Gasteiger partial charge < -0.3 is 0 Å². The molecule has 7 aromatic carbocycles. The Morgan fingerprint density at radius 1 is 0.590 bits per heavy atom. The summed E-state index contributed by atoms with van der Waals surface area (Å²) in [7, 11) is 0. The third kappa shape index (κ3) is 5.31. The molecule has 1 aliphatic carbocycles. The molecule has 7 heteroatoms. The third-order valence-electron chi connectivity index (χ3n) is 12.6. The Morgan fingerprint density at radius 2 is 1.28 bits per heavy atom. The Hall–Kier alpha value is -6.20. The summed E-state index contributed by atoms with van der Waals surface area (Å²) >= 11 is 3.96. The van der Waals surface area contributed by atoms with E-state index in [0.717, 1.165) is 38.8 Å². The second kappa shape index (κ2) is 13.4. The van der Waals surface area contributed by atoms with E-state index in [2.05, 4.69) is 154 Å². The van der Waals surface area contributed by atoms with Crippen LogP contribution >= 0.6 is 11.8 Å². The summed E-state index contributed by atoms with van der Waals surface area (Å²) < 4.78 is 38.0. The van der Waals surface area contributed by atoms with E-state index in [-0.39, 0.29) is 5.41 Å². The first-order chi connectivity index (χ1) is 30.9. The van der Waals surface area contributed by atoms with Gasteiger partial charge in [-0.05, 0) is 62.6 Å². The minimum absolute atomic E-state index is 0.0957. The molecule has 0 saturated heterocycles. The van der Waals surface area contributed by atoms with E-state index >= 15 is 0 Å². The van der Waals surface area contributed by atoms with Crippen LogP contribution < -0.4 is 4.74 Å². The van der Waals surface area contributed by atoms with Gasteiger partial charge in [-0.15, -0.1) is 0 Å². The number of hydrogen-bond acceptors (Lipinski definition) is 3. The average Bonchev–Trinajstić information content (AvgIpc) is 3.88. The molecular weight excluding hydrogens is 948 g/mol. The van der Waals surface area contributed by atoms with E-state index in [0.29, 0.717) is 20.8 Å². The second-order valence-electron chi connectivity index (χ2n) is 17.0. The number of para-hydroxylation sites is 2. The number of aromatic nitrogens is 4. The summed E-state index contributed by atoms with van der Waals surface area (Å²) in [5, 5.41) is 2.24. The topological polar surface area (TPSA) is 36.9 Å². The molecule has 61 heavy (non-hydrogen) atoms. The second-order valence-corrected chi connectivity index (χ2v) is 19.1. The molecule has 5 nitrogen and oxygen atoms in total. The number of ether oxygens (including phenoxy) is 1. The zero-order valence-electron chi connectivity index (χ0n) is 36.6. The van der Waals surface area contributed by atoms with Crippen molar-refractivity contribution in [1.29, 1.82) is 0 Å². The first kappa shape index (κ1) is 33.5. The van der Waals surface area contributed by atoms with Gasteiger partial charge in [-0.25, -0.2) is 0 Å². The van der Waals surface area contributed by atoms with Crippen molar-refractivity contribution in [3.05, 3.63) is 202 Å². The van der Waals surface area contributed by atoms with Gasteiger partial charge in [-0.2, -0.15) is 0 Å². The summed E-state index contributed by atoms with van der Waals surface area (Å²) in [5.74, 6) is 2.14. The van der Waals surface area contributed by atoms with Crippen LogP contribution in [0.25, 0.3) is 55.5 Å². The normalized spacial score (nSPS) is 14.7. The van der Waals surface area contributed by atoms with Crippen LogP contribution in [0.15, 0.2) is 180 Å². The van der Waals surface area contributed by atoms with Gasteiger partial charge in [-0.1, -0.05) is 93.2 Å². The zero-order chi connectivity index (χ0) is 43.7.